The van der Waals surface area contributed by atoms with E-state index < -0.39 is 17.7 Å². The lowest BCUT2D eigenvalue weighted by Gasteiger charge is -2.14. The van der Waals surface area contributed by atoms with Crippen molar-refractivity contribution in [2.45, 2.75) is 6.18 Å². The first-order chi connectivity index (χ1) is 10.3. The molecule has 1 N–H and O–H groups in total. The highest BCUT2D eigenvalue weighted by Gasteiger charge is 2.33. The van der Waals surface area contributed by atoms with Gasteiger partial charge in [0.2, 0.25) is 0 Å². The molecule has 0 fully saturated rings. The molecule has 2 aromatic carbocycles. The molecule has 0 saturated heterocycles. The molecule has 2 rings (SSSR count). The van der Waals surface area contributed by atoms with Crippen molar-refractivity contribution in [3.8, 4) is 11.1 Å². The van der Waals surface area contributed by atoms with Gasteiger partial charge in [0, 0.05) is 16.7 Å². The van der Waals surface area contributed by atoms with Crippen LogP contribution in [0.25, 0.3) is 17.2 Å². The van der Waals surface area contributed by atoms with Crippen LogP contribution >= 0.6 is 11.6 Å². The number of hydrogen-bond acceptors (Lipinski definition) is 1. The number of hydrogen-bond donors (Lipinski definition) is 1. The van der Waals surface area contributed by atoms with Crippen LogP contribution in [0.3, 0.4) is 0 Å². The van der Waals surface area contributed by atoms with E-state index >= 15 is 0 Å². The fourth-order valence-electron chi connectivity index (χ4n) is 1.99. The summed E-state index contributed by atoms with van der Waals surface area (Å²) in [6.07, 6.45) is -2.25. The zero-order chi connectivity index (χ0) is 16.3. The molecule has 0 bridgehead atoms. The topological polar surface area (TPSA) is 37.3 Å². The summed E-state index contributed by atoms with van der Waals surface area (Å²) in [4.78, 5) is 10.5. The van der Waals surface area contributed by atoms with Crippen molar-refractivity contribution in [1.82, 2.24) is 0 Å². The monoisotopic (exact) mass is 326 g/mol. The van der Waals surface area contributed by atoms with Crippen molar-refractivity contribution in [3.05, 3.63) is 64.7 Å². The van der Waals surface area contributed by atoms with Gasteiger partial charge in [0.1, 0.15) is 0 Å². The van der Waals surface area contributed by atoms with Gasteiger partial charge in [-0.3, -0.25) is 0 Å². The average molecular weight is 327 g/mol. The van der Waals surface area contributed by atoms with Crippen LogP contribution in [0.2, 0.25) is 5.02 Å². The van der Waals surface area contributed by atoms with Gasteiger partial charge in [-0.25, -0.2) is 4.79 Å². The molecule has 22 heavy (non-hydrogen) atoms. The number of rotatable bonds is 3. The van der Waals surface area contributed by atoms with Crippen molar-refractivity contribution >= 4 is 23.6 Å². The third-order valence-electron chi connectivity index (χ3n) is 2.93. The van der Waals surface area contributed by atoms with E-state index in [1.165, 1.54) is 42.5 Å². The van der Waals surface area contributed by atoms with Crippen LogP contribution in [-0.4, -0.2) is 11.1 Å². The Kier molecular flexibility index (Phi) is 4.56. The van der Waals surface area contributed by atoms with E-state index in [1.807, 2.05) is 0 Å². The number of benzene rings is 2. The lowest BCUT2D eigenvalue weighted by molar-refractivity contribution is -0.137. The van der Waals surface area contributed by atoms with Crippen molar-refractivity contribution in [2.75, 3.05) is 0 Å². The van der Waals surface area contributed by atoms with Crippen molar-refractivity contribution in [3.63, 3.8) is 0 Å². The molecule has 2 aromatic rings. The maximum atomic E-state index is 13.0. The third-order valence-corrected chi connectivity index (χ3v) is 3.25. The van der Waals surface area contributed by atoms with Crippen molar-refractivity contribution < 1.29 is 23.1 Å². The Bertz CT molecular complexity index is 736. The quantitative estimate of drug-likeness (QED) is 0.794. The Morgan fingerprint density at radius 2 is 1.77 bits per heavy atom. The normalized spacial score (nSPS) is 11.8. The Morgan fingerprint density at radius 3 is 2.36 bits per heavy atom. The molecule has 2 nitrogen and oxygen atoms in total. The van der Waals surface area contributed by atoms with Crippen LogP contribution in [0.5, 0.6) is 0 Å². The molecule has 0 aliphatic rings. The molecule has 0 radical (unpaired) electrons. The largest absolute Gasteiger partial charge is 0.478 e. The first-order valence-corrected chi connectivity index (χ1v) is 6.54. The highest BCUT2D eigenvalue weighted by atomic mass is 35.5. The Hall–Kier alpha value is -2.27. The molecule has 0 aromatic heterocycles. The van der Waals surface area contributed by atoms with E-state index in [1.54, 1.807) is 0 Å². The second-order valence-electron chi connectivity index (χ2n) is 4.45. The van der Waals surface area contributed by atoms with E-state index in [-0.39, 0.29) is 16.1 Å². The number of alkyl halides is 3. The second kappa shape index (κ2) is 6.23. The van der Waals surface area contributed by atoms with Crippen LogP contribution in [0.15, 0.2) is 48.5 Å². The first-order valence-electron chi connectivity index (χ1n) is 6.16. The maximum absolute atomic E-state index is 13.0. The fraction of sp³-hybridized carbons (Fsp3) is 0.0625. The van der Waals surface area contributed by atoms with Gasteiger partial charge < -0.3 is 5.11 Å². The summed E-state index contributed by atoms with van der Waals surface area (Å²) in [6.45, 7) is 0. The van der Waals surface area contributed by atoms with Crippen molar-refractivity contribution in [2.24, 2.45) is 0 Å². The number of carbonyl (C=O) groups is 1. The fourth-order valence-corrected chi connectivity index (χ4v) is 2.28. The van der Waals surface area contributed by atoms with Crippen LogP contribution in [0, 0.1) is 0 Å². The minimum Gasteiger partial charge on any atom is -0.478 e. The molecule has 0 saturated carbocycles. The number of carboxylic acid groups (broad SMARTS) is 1. The minimum atomic E-state index is -4.48. The van der Waals surface area contributed by atoms with Gasteiger partial charge in [-0.15, -0.1) is 0 Å². The van der Waals surface area contributed by atoms with Crippen LogP contribution in [0.4, 0.5) is 13.2 Å². The number of halogens is 4. The molecule has 0 spiro atoms. The summed E-state index contributed by atoms with van der Waals surface area (Å²) in [7, 11) is 0. The first kappa shape index (κ1) is 16.1. The molecular formula is C16H10ClF3O2. The molecule has 0 heterocycles. The minimum absolute atomic E-state index is 0.0197. The summed E-state index contributed by atoms with van der Waals surface area (Å²) >= 11 is 6.05. The van der Waals surface area contributed by atoms with Gasteiger partial charge in [0.05, 0.1) is 5.56 Å². The zero-order valence-corrected chi connectivity index (χ0v) is 11.8. The summed E-state index contributed by atoms with van der Waals surface area (Å²) < 4.78 is 39.1. The van der Waals surface area contributed by atoms with Gasteiger partial charge >= 0.3 is 12.1 Å². The number of aliphatic carboxylic acids is 1. The van der Waals surface area contributed by atoms with Gasteiger partial charge in [-0.2, -0.15) is 13.2 Å². The smallest absolute Gasteiger partial charge is 0.417 e. The molecule has 0 aliphatic heterocycles. The second-order valence-corrected chi connectivity index (χ2v) is 4.86. The highest BCUT2D eigenvalue weighted by Crippen LogP contribution is 2.39. The molecule has 0 amide bonds. The summed E-state index contributed by atoms with van der Waals surface area (Å²) in [5, 5.41) is 8.67. The highest BCUT2D eigenvalue weighted by molar-refractivity contribution is 6.33. The lowest BCUT2D eigenvalue weighted by Crippen LogP contribution is -2.07. The van der Waals surface area contributed by atoms with Crippen LogP contribution < -0.4 is 0 Å². The van der Waals surface area contributed by atoms with Gasteiger partial charge in [-0.05, 0) is 29.3 Å². The van der Waals surface area contributed by atoms with Gasteiger partial charge in [0.25, 0.3) is 0 Å². The van der Waals surface area contributed by atoms with Crippen LogP contribution in [-0.2, 0) is 11.0 Å². The molecule has 6 heteroatoms. The van der Waals surface area contributed by atoms with E-state index in [4.69, 9.17) is 16.7 Å². The summed E-state index contributed by atoms with van der Waals surface area (Å²) in [5.41, 5.74) is -0.0674. The molecule has 114 valence electrons. The zero-order valence-electron chi connectivity index (χ0n) is 11.1. The predicted octanol–water partition coefficient (Wildman–Crippen LogP) is 5.12. The Labute approximate surface area is 129 Å². The standard InChI is InChI=1S/C16H10ClF3O2/c17-14-9-10(6-8-15(21)22)5-7-12(14)11-3-1-2-4-13(11)16(18,19)20/h1-9H,(H,21,22)/b8-6+. The van der Waals surface area contributed by atoms with Gasteiger partial charge in [0.15, 0.2) is 0 Å². The molecular weight excluding hydrogens is 317 g/mol. The average Bonchev–Trinajstić information content (AvgIpc) is 2.44. The summed E-state index contributed by atoms with van der Waals surface area (Å²) in [5.74, 6) is -1.12. The Balaban J connectivity index is 2.49. The molecule has 0 aliphatic carbocycles. The molecule has 0 atom stereocenters. The maximum Gasteiger partial charge on any atom is 0.417 e. The van der Waals surface area contributed by atoms with Crippen LogP contribution in [0.1, 0.15) is 11.1 Å². The number of carboxylic acids is 1. The van der Waals surface area contributed by atoms with Gasteiger partial charge in [-0.1, -0.05) is 41.9 Å². The molecule has 0 unspecified atom stereocenters. The lowest BCUT2D eigenvalue weighted by atomic mass is 9.98. The predicted molar refractivity (Wildman–Crippen MR) is 78.6 cm³/mol. The van der Waals surface area contributed by atoms with E-state index in [9.17, 15) is 18.0 Å². The van der Waals surface area contributed by atoms with E-state index in [0.717, 1.165) is 12.1 Å². The SMILES string of the molecule is O=C(O)/C=C/c1ccc(-c2ccccc2C(F)(F)F)c(Cl)c1. The van der Waals surface area contributed by atoms with Crippen molar-refractivity contribution in [1.29, 1.82) is 0 Å². The Morgan fingerprint density at radius 1 is 1.09 bits per heavy atom. The summed E-state index contributed by atoms with van der Waals surface area (Å²) in [6, 6.07) is 9.51. The van der Waals surface area contributed by atoms with E-state index in [0.29, 0.717) is 5.56 Å². The third kappa shape index (κ3) is 3.68. The van der Waals surface area contributed by atoms with E-state index in [2.05, 4.69) is 0 Å².